The first-order valence-electron chi connectivity index (χ1n) is 13.7. The number of nitrogens with zero attached hydrogens (tertiary/aromatic N) is 3. The summed E-state index contributed by atoms with van der Waals surface area (Å²) >= 11 is 0. The van der Waals surface area contributed by atoms with Crippen molar-refractivity contribution >= 4 is 29.4 Å². The summed E-state index contributed by atoms with van der Waals surface area (Å²) in [5.74, 6) is 0.455. The van der Waals surface area contributed by atoms with Gasteiger partial charge in [-0.05, 0) is 90.5 Å². The maximum absolute atomic E-state index is 12.2. The van der Waals surface area contributed by atoms with Crippen molar-refractivity contribution < 1.29 is 19.1 Å². The van der Waals surface area contributed by atoms with Gasteiger partial charge in [0.05, 0.1) is 0 Å². The van der Waals surface area contributed by atoms with Crippen LogP contribution in [0.25, 0.3) is 0 Å². The van der Waals surface area contributed by atoms with Crippen LogP contribution in [0.5, 0.6) is 0 Å². The molecule has 4 amide bonds. The second-order valence-corrected chi connectivity index (χ2v) is 11.8. The number of benzene rings is 1. The quantitative estimate of drug-likeness (QED) is 0.594. The summed E-state index contributed by atoms with van der Waals surface area (Å²) in [6, 6.07) is 8.51. The lowest BCUT2D eigenvalue weighted by Crippen LogP contribution is -2.49. The van der Waals surface area contributed by atoms with Crippen LogP contribution < -0.4 is 20.4 Å². The van der Waals surface area contributed by atoms with Crippen molar-refractivity contribution in [1.82, 2.24) is 15.5 Å². The molecule has 2 aliphatic heterocycles. The number of hydrogen-bond acceptors (Lipinski definition) is 6. The normalized spacial score (nSPS) is 23.7. The molecular weight excluding hydrogens is 470 g/mol. The molecule has 1 aromatic rings. The predicted octanol–water partition coefficient (Wildman–Crippen LogP) is 4.12. The number of carbonyl (C=O) groups is 3. The molecule has 4 rings (SSSR count). The number of nitrogens with one attached hydrogen (secondary N) is 2. The Kier molecular flexibility index (Phi) is 8.62. The molecule has 0 radical (unpaired) electrons. The number of anilines is 2. The first-order chi connectivity index (χ1) is 17.6. The van der Waals surface area contributed by atoms with E-state index in [9.17, 15) is 14.4 Å². The fraction of sp³-hybridized carbons (Fsp3) is 0.679. The molecule has 3 aliphatic rings. The van der Waals surface area contributed by atoms with Crippen molar-refractivity contribution in [3.05, 3.63) is 24.3 Å². The molecule has 3 fully saturated rings. The maximum Gasteiger partial charge on any atom is 0.407 e. The van der Waals surface area contributed by atoms with E-state index in [1.165, 1.54) is 0 Å². The number of piperidine rings is 1. The first kappa shape index (κ1) is 27.2. The summed E-state index contributed by atoms with van der Waals surface area (Å²) in [5.41, 5.74) is 1.50. The second-order valence-electron chi connectivity index (χ2n) is 11.8. The van der Waals surface area contributed by atoms with Crippen molar-refractivity contribution in [3.63, 3.8) is 0 Å². The van der Waals surface area contributed by atoms with Gasteiger partial charge in [-0.15, -0.1) is 0 Å². The number of imide groups is 1. The number of rotatable bonds is 6. The van der Waals surface area contributed by atoms with Crippen LogP contribution in [0.2, 0.25) is 0 Å². The molecule has 1 aliphatic carbocycles. The molecule has 1 saturated carbocycles. The Labute approximate surface area is 220 Å². The Bertz CT molecular complexity index is 962. The van der Waals surface area contributed by atoms with Gasteiger partial charge in [-0.25, -0.2) is 9.59 Å². The lowest BCUT2D eigenvalue weighted by Gasteiger charge is -2.39. The number of alkyl carbamates (subject to hydrolysis) is 1. The average Bonchev–Trinajstić information content (AvgIpc) is 2.84. The fourth-order valence-electron chi connectivity index (χ4n) is 5.73. The molecule has 2 N–H and O–H groups in total. The van der Waals surface area contributed by atoms with Crippen molar-refractivity contribution in [2.24, 2.45) is 5.92 Å². The van der Waals surface area contributed by atoms with Crippen LogP contribution in [0.15, 0.2) is 24.3 Å². The van der Waals surface area contributed by atoms with E-state index in [-0.39, 0.29) is 24.1 Å². The highest BCUT2D eigenvalue weighted by atomic mass is 16.6. The number of carbonyl (C=O) groups excluding carboxylic acids is 3. The zero-order valence-corrected chi connectivity index (χ0v) is 22.8. The van der Waals surface area contributed by atoms with Crippen LogP contribution in [0, 0.1) is 5.92 Å². The number of urea groups is 1. The van der Waals surface area contributed by atoms with Crippen LogP contribution in [-0.2, 0) is 9.53 Å². The van der Waals surface area contributed by atoms with Crippen LogP contribution in [-0.4, -0.2) is 73.8 Å². The van der Waals surface area contributed by atoms with E-state index in [1.807, 2.05) is 32.9 Å². The van der Waals surface area contributed by atoms with E-state index in [2.05, 4.69) is 39.6 Å². The Morgan fingerprint density at radius 2 is 1.73 bits per heavy atom. The zero-order valence-electron chi connectivity index (χ0n) is 22.8. The third-order valence-corrected chi connectivity index (χ3v) is 7.76. The van der Waals surface area contributed by atoms with Gasteiger partial charge < -0.3 is 19.9 Å². The second kappa shape index (κ2) is 11.7. The SMILES string of the molecule is CN(CC1CCN(c2cccc(N3CCC(=O)NC3=O)c2)CC1)C1CCC(NC(=O)OC(C)(C)C)CC1. The predicted molar refractivity (Wildman–Crippen MR) is 145 cm³/mol. The molecule has 0 atom stereocenters. The van der Waals surface area contributed by atoms with Crippen molar-refractivity contribution in [2.45, 2.75) is 83.4 Å². The van der Waals surface area contributed by atoms with Crippen LogP contribution in [0.4, 0.5) is 21.0 Å². The maximum atomic E-state index is 12.2. The fourth-order valence-corrected chi connectivity index (χ4v) is 5.73. The van der Waals surface area contributed by atoms with Gasteiger partial charge in [-0.1, -0.05) is 6.07 Å². The minimum absolute atomic E-state index is 0.204. The molecule has 0 unspecified atom stereocenters. The molecular formula is C28H43N5O4. The number of ether oxygens (including phenoxy) is 1. The summed E-state index contributed by atoms with van der Waals surface area (Å²) in [7, 11) is 2.25. The molecule has 37 heavy (non-hydrogen) atoms. The third kappa shape index (κ3) is 7.60. The third-order valence-electron chi connectivity index (χ3n) is 7.76. The molecule has 2 heterocycles. The summed E-state index contributed by atoms with van der Waals surface area (Å²) in [5, 5.41) is 5.44. The van der Waals surface area contributed by atoms with Crippen molar-refractivity contribution in [2.75, 3.05) is 43.0 Å². The topological polar surface area (TPSA) is 94.2 Å². The van der Waals surface area contributed by atoms with E-state index in [1.54, 1.807) is 4.90 Å². The monoisotopic (exact) mass is 513 g/mol. The molecule has 0 spiro atoms. The minimum atomic E-state index is -0.467. The summed E-state index contributed by atoms with van der Waals surface area (Å²) in [6.07, 6.45) is 6.48. The highest BCUT2D eigenvalue weighted by Gasteiger charge is 2.29. The van der Waals surface area contributed by atoms with E-state index < -0.39 is 5.60 Å². The van der Waals surface area contributed by atoms with Gasteiger partial charge in [0.25, 0.3) is 0 Å². The van der Waals surface area contributed by atoms with Crippen LogP contribution in [0.3, 0.4) is 0 Å². The lowest BCUT2D eigenvalue weighted by molar-refractivity contribution is -0.120. The van der Waals surface area contributed by atoms with Gasteiger partial charge >= 0.3 is 12.1 Å². The van der Waals surface area contributed by atoms with E-state index in [0.717, 1.165) is 69.5 Å². The summed E-state index contributed by atoms with van der Waals surface area (Å²) in [6.45, 7) is 9.18. The van der Waals surface area contributed by atoms with Gasteiger partial charge in [0.1, 0.15) is 5.60 Å². The Morgan fingerprint density at radius 1 is 1.05 bits per heavy atom. The van der Waals surface area contributed by atoms with Crippen LogP contribution in [0.1, 0.15) is 65.7 Å². The van der Waals surface area contributed by atoms with Crippen LogP contribution >= 0.6 is 0 Å². The molecule has 1 aromatic carbocycles. The van der Waals surface area contributed by atoms with Gasteiger partial charge in [-0.2, -0.15) is 0 Å². The van der Waals surface area contributed by atoms with E-state index >= 15 is 0 Å². The first-order valence-corrected chi connectivity index (χ1v) is 13.7. The van der Waals surface area contributed by atoms with Gasteiger partial charge in [0.2, 0.25) is 5.91 Å². The average molecular weight is 514 g/mol. The molecule has 2 saturated heterocycles. The molecule has 204 valence electrons. The van der Waals surface area contributed by atoms with Gasteiger partial charge in [0, 0.05) is 56.1 Å². The highest BCUT2D eigenvalue weighted by molar-refractivity contribution is 6.05. The van der Waals surface area contributed by atoms with Gasteiger partial charge in [-0.3, -0.25) is 15.0 Å². The Balaban J connectivity index is 1.20. The minimum Gasteiger partial charge on any atom is -0.444 e. The number of amides is 4. The van der Waals surface area contributed by atoms with E-state index in [4.69, 9.17) is 4.74 Å². The van der Waals surface area contributed by atoms with E-state index in [0.29, 0.717) is 24.9 Å². The standard InChI is InChI=1S/C28H43N5O4/c1-28(2,3)37-27(36)29-21-8-10-22(11-9-21)31(4)19-20-12-15-32(16-13-20)23-6-5-7-24(18-23)33-17-14-25(34)30-26(33)35/h5-7,18,20-22H,8-17,19H2,1-4H3,(H,29,36)(H,30,34,35). The summed E-state index contributed by atoms with van der Waals surface area (Å²) < 4.78 is 5.41. The molecule has 0 bridgehead atoms. The highest BCUT2D eigenvalue weighted by Crippen LogP contribution is 2.29. The largest absolute Gasteiger partial charge is 0.444 e. The molecule has 9 nitrogen and oxygen atoms in total. The molecule has 9 heteroatoms. The lowest BCUT2D eigenvalue weighted by atomic mass is 9.89. The van der Waals surface area contributed by atoms with Crippen molar-refractivity contribution in [1.29, 1.82) is 0 Å². The Hall–Kier alpha value is -2.81. The van der Waals surface area contributed by atoms with Gasteiger partial charge in [0.15, 0.2) is 0 Å². The number of hydrogen-bond donors (Lipinski definition) is 2. The Morgan fingerprint density at radius 3 is 2.38 bits per heavy atom. The summed E-state index contributed by atoms with van der Waals surface area (Å²) in [4.78, 5) is 42.4. The smallest absolute Gasteiger partial charge is 0.407 e. The molecule has 0 aromatic heterocycles. The zero-order chi connectivity index (χ0) is 26.6. The van der Waals surface area contributed by atoms with Crippen molar-refractivity contribution in [3.8, 4) is 0 Å².